The highest BCUT2D eigenvalue weighted by Crippen LogP contribution is 2.40. The molecule has 4 rings (SSSR count). The molecule has 3 aromatic carbocycles. The van der Waals surface area contributed by atoms with Crippen LogP contribution in [0, 0.1) is 10.1 Å². The SMILES string of the molecule is COc1cc(/C=C2/SC(=O)N(c3cccc(Cl)c3)C2=O)c(Br)cc1OCc1cccc([N+](=O)[O-])c1. The van der Waals surface area contributed by atoms with Crippen molar-refractivity contribution in [3.8, 4) is 11.5 Å². The van der Waals surface area contributed by atoms with Gasteiger partial charge in [0.2, 0.25) is 0 Å². The topological polar surface area (TPSA) is 99.0 Å². The number of benzene rings is 3. The molecule has 0 unspecified atom stereocenters. The number of methoxy groups -OCH3 is 1. The Kier molecular flexibility index (Phi) is 7.44. The molecule has 1 aliphatic rings. The fourth-order valence-electron chi connectivity index (χ4n) is 3.30. The number of carbonyl (C=O) groups is 2. The molecule has 1 heterocycles. The first-order chi connectivity index (χ1) is 16.8. The highest BCUT2D eigenvalue weighted by molar-refractivity contribution is 9.10. The third kappa shape index (κ3) is 5.50. The van der Waals surface area contributed by atoms with Crippen molar-refractivity contribution in [3.05, 3.63) is 96.3 Å². The monoisotopic (exact) mass is 574 g/mol. The van der Waals surface area contributed by atoms with Crippen LogP contribution >= 0.6 is 39.3 Å². The van der Waals surface area contributed by atoms with E-state index < -0.39 is 16.1 Å². The lowest BCUT2D eigenvalue weighted by Crippen LogP contribution is -2.27. The van der Waals surface area contributed by atoms with E-state index in [2.05, 4.69) is 15.9 Å². The zero-order chi connectivity index (χ0) is 25.1. The summed E-state index contributed by atoms with van der Waals surface area (Å²) in [5.41, 5.74) is 1.59. The molecule has 178 valence electrons. The van der Waals surface area contributed by atoms with E-state index in [1.54, 1.807) is 54.6 Å². The van der Waals surface area contributed by atoms with Gasteiger partial charge in [0.25, 0.3) is 16.8 Å². The van der Waals surface area contributed by atoms with Crippen LogP contribution in [0.3, 0.4) is 0 Å². The molecule has 3 aromatic rings. The van der Waals surface area contributed by atoms with Crippen molar-refractivity contribution in [2.45, 2.75) is 6.61 Å². The van der Waals surface area contributed by atoms with Gasteiger partial charge in [0.1, 0.15) is 6.61 Å². The van der Waals surface area contributed by atoms with Gasteiger partial charge in [0.15, 0.2) is 11.5 Å². The van der Waals surface area contributed by atoms with Crippen LogP contribution in [0.2, 0.25) is 5.02 Å². The number of anilines is 1. The fourth-order valence-corrected chi connectivity index (χ4v) is 4.76. The van der Waals surface area contributed by atoms with Gasteiger partial charge in [-0.15, -0.1) is 0 Å². The Balaban J connectivity index is 1.57. The van der Waals surface area contributed by atoms with Gasteiger partial charge in [-0.3, -0.25) is 19.7 Å². The fraction of sp³-hybridized carbons (Fsp3) is 0.0833. The van der Waals surface area contributed by atoms with Crippen molar-refractivity contribution in [2.24, 2.45) is 0 Å². The van der Waals surface area contributed by atoms with Gasteiger partial charge in [0.05, 0.1) is 22.6 Å². The molecule has 1 fully saturated rings. The van der Waals surface area contributed by atoms with Crippen LogP contribution in [-0.2, 0) is 11.4 Å². The van der Waals surface area contributed by atoms with E-state index in [1.165, 1.54) is 19.2 Å². The van der Waals surface area contributed by atoms with Crippen molar-refractivity contribution in [1.29, 1.82) is 0 Å². The van der Waals surface area contributed by atoms with Crippen LogP contribution in [0.1, 0.15) is 11.1 Å². The molecule has 35 heavy (non-hydrogen) atoms. The number of nitrogens with zero attached hydrogens (tertiary/aromatic N) is 2. The number of hydrogen-bond donors (Lipinski definition) is 0. The molecule has 0 aromatic heterocycles. The minimum Gasteiger partial charge on any atom is -0.493 e. The number of carbonyl (C=O) groups excluding carboxylic acids is 2. The number of hydrogen-bond acceptors (Lipinski definition) is 7. The minimum atomic E-state index is -0.469. The lowest BCUT2D eigenvalue weighted by molar-refractivity contribution is -0.384. The Bertz CT molecular complexity index is 1380. The predicted octanol–water partition coefficient (Wildman–Crippen LogP) is 6.84. The second-order valence-electron chi connectivity index (χ2n) is 7.24. The van der Waals surface area contributed by atoms with Crippen molar-refractivity contribution in [1.82, 2.24) is 0 Å². The van der Waals surface area contributed by atoms with Gasteiger partial charge >= 0.3 is 0 Å². The van der Waals surface area contributed by atoms with Crippen LogP contribution in [-0.4, -0.2) is 23.2 Å². The highest BCUT2D eigenvalue weighted by Gasteiger charge is 2.36. The van der Waals surface area contributed by atoms with Gasteiger partial charge in [-0.1, -0.05) is 45.7 Å². The molecule has 0 aliphatic carbocycles. The number of thioether (sulfide) groups is 1. The maximum Gasteiger partial charge on any atom is 0.298 e. The molecule has 1 saturated heterocycles. The summed E-state index contributed by atoms with van der Waals surface area (Å²) in [7, 11) is 1.47. The first-order valence-corrected chi connectivity index (χ1v) is 12.0. The lowest BCUT2D eigenvalue weighted by Gasteiger charge is -2.13. The Morgan fingerprint density at radius 1 is 1.11 bits per heavy atom. The van der Waals surface area contributed by atoms with Crippen molar-refractivity contribution >= 4 is 67.9 Å². The number of halogens is 2. The van der Waals surface area contributed by atoms with Crippen LogP contribution in [0.15, 0.2) is 70.0 Å². The summed E-state index contributed by atoms with van der Waals surface area (Å²) < 4.78 is 11.9. The Hall–Kier alpha value is -3.34. The van der Waals surface area contributed by atoms with E-state index in [1.807, 2.05) is 0 Å². The normalized spacial score (nSPS) is 14.5. The van der Waals surface area contributed by atoms with Crippen molar-refractivity contribution in [2.75, 3.05) is 12.0 Å². The summed E-state index contributed by atoms with van der Waals surface area (Å²) in [6, 6.07) is 16.0. The standard InChI is InChI=1S/C24H16BrClN2O6S/c1-33-20-9-15(10-22-23(29)27(24(30)35-22)17-6-3-5-16(26)11-17)19(25)12-21(20)34-13-14-4-2-7-18(8-14)28(31)32/h2-12H,13H2,1H3/b22-10+. The zero-order valence-corrected chi connectivity index (χ0v) is 21.2. The molecule has 0 radical (unpaired) electrons. The number of ether oxygens (including phenoxy) is 2. The quantitative estimate of drug-likeness (QED) is 0.173. The largest absolute Gasteiger partial charge is 0.493 e. The molecule has 8 nitrogen and oxygen atoms in total. The second-order valence-corrected chi connectivity index (χ2v) is 9.52. The van der Waals surface area contributed by atoms with E-state index in [0.29, 0.717) is 37.8 Å². The molecule has 0 atom stereocenters. The number of rotatable bonds is 7. The van der Waals surface area contributed by atoms with Crippen LogP contribution in [0.4, 0.5) is 16.2 Å². The van der Waals surface area contributed by atoms with Crippen molar-refractivity contribution in [3.63, 3.8) is 0 Å². The molecule has 2 amide bonds. The van der Waals surface area contributed by atoms with Crippen molar-refractivity contribution < 1.29 is 24.0 Å². The summed E-state index contributed by atoms with van der Waals surface area (Å²) in [5.74, 6) is 0.327. The lowest BCUT2D eigenvalue weighted by atomic mass is 10.1. The Labute approximate surface area is 217 Å². The molecule has 0 bridgehead atoms. The first kappa shape index (κ1) is 24.8. The van der Waals surface area contributed by atoms with Crippen LogP contribution in [0.25, 0.3) is 6.08 Å². The molecule has 1 aliphatic heterocycles. The highest BCUT2D eigenvalue weighted by atomic mass is 79.9. The average molecular weight is 576 g/mol. The number of non-ortho nitro benzene ring substituents is 1. The maximum absolute atomic E-state index is 13.0. The van der Waals surface area contributed by atoms with Crippen LogP contribution < -0.4 is 14.4 Å². The third-order valence-corrected chi connectivity index (χ3v) is 6.74. The maximum atomic E-state index is 13.0. The number of nitro benzene ring substituents is 1. The van der Waals surface area contributed by atoms with E-state index >= 15 is 0 Å². The minimum absolute atomic E-state index is 0.0266. The summed E-state index contributed by atoms with van der Waals surface area (Å²) in [4.78, 5) is 37.3. The number of nitro groups is 1. The smallest absolute Gasteiger partial charge is 0.298 e. The molecular weight excluding hydrogens is 560 g/mol. The molecule has 0 saturated carbocycles. The molecule has 0 N–H and O–H groups in total. The van der Waals surface area contributed by atoms with Gasteiger partial charge in [-0.05, 0) is 59.3 Å². The second kappa shape index (κ2) is 10.5. The summed E-state index contributed by atoms with van der Waals surface area (Å²) >= 11 is 10.3. The summed E-state index contributed by atoms with van der Waals surface area (Å²) in [6.45, 7) is 0.0857. The summed E-state index contributed by atoms with van der Waals surface area (Å²) in [5, 5.41) is 11.0. The molecule has 0 spiro atoms. The van der Waals surface area contributed by atoms with Gasteiger partial charge in [0, 0.05) is 21.6 Å². The zero-order valence-electron chi connectivity index (χ0n) is 18.1. The molecule has 11 heteroatoms. The van der Waals surface area contributed by atoms with Gasteiger partial charge in [-0.2, -0.15) is 0 Å². The number of imide groups is 1. The predicted molar refractivity (Wildman–Crippen MR) is 138 cm³/mol. The van der Waals surface area contributed by atoms with E-state index in [4.69, 9.17) is 21.1 Å². The van der Waals surface area contributed by atoms with Gasteiger partial charge < -0.3 is 9.47 Å². The Morgan fingerprint density at radius 2 is 1.89 bits per heavy atom. The summed E-state index contributed by atoms with van der Waals surface area (Å²) in [6.07, 6.45) is 1.59. The molecular formula is C24H16BrClN2O6S. The average Bonchev–Trinajstić information content (AvgIpc) is 3.11. The van der Waals surface area contributed by atoms with Crippen LogP contribution in [0.5, 0.6) is 11.5 Å². The first-order valence-electron chi connectivity index (χ1n) is 10.0. The number of amides is 2. The van der Waals surface area contributed by atoms with Gasteiger partial charge in [-0.25, -0.2) is 4.90 Å². The Morgan fingerprint density at radius 3 is 2.60 bits per heavy atom. The van der Waals surface area contributed by atoms with E-state index in [0.717, 1.165) is 16.7 Å². The third-order valence-electron chi connectivity index (χ3n) is 4.95. The van der Waals surface area contributed by atoms with E-state index in [9.17, 15) is 19.7 Å². The van der Waals surface area contributed by atoms with E-state index in [-0.39, 0.29) is 17.2 Å².